The number of likely N-dealkylation sites (tertiary alicyclic amines) is 1. The van der Waals surface area contributed by atoms with E-state index in [2.05, 4.69) is 27.3 Å². The lowest BCUT2D eigenvalue weighted by molar-refractivity contribution is -0.121. The molecule has 3 rings (SSSR count). The number of nitrogens with zero attached hydrogens (tertiary/aromatic N) is 2. The fraction of sp³-hybridized carbons (Fsp3) is 0.250. The minimum absolute atomic E-state index is 0.00178. The van der Waals surface area contributed by atoms with Crippen LogP contribution in [0.2, 0.25) is 0 Å². The summed E-state index contributed by atoms with van der Waals surface area (Å²) in [6.07, 6.45) is 1.26. The predicted octanol–water partition coefficient (Wildman–Crippen LogP) is 3.81. The van der Waals surface area contributed by atoms with Crippen LogP contribution in [0.1, 0.15) is 28.8 Å². The Hall–Kier alpha value is -2.65. The molecule has 1 heterocycles. The number of hydrogen-bond acceptors (Lipinski definition) is 3. The molecule has 0 bridgehead atoms. The first-order chi connectivity index (χ1) is 12.6. The zero-order valence-corrected chi connectivity index (χ0v) is 15.7. The van der Waals surface area contributed by atoms with Gasteiger partial charge in [-0.2, -0.15) is 5.26 Å². The third-order valence-electron chi connectivity index (χ3n) is 4.50. The molecular weight excluding hydrogens is 394 g/mol. The molecule has 0 saturated carbocycles. The standard InChI is InChI=1S/C20H18BrN3O2/c21-17-6-4-16(5-7-17)20(26)24-10-8-15(9-11-24)19(25)23-18-3-1-2-14(12-18)13-22/h1-7,12,15H,8-11H2,(H,23,25). The van der Waals surface area contributed by atoms with Gasteiger partial charge in [-0.05, 0) is 55.3 Å². The van der Waals surface area contributed by atoms with E-state index < -0.39 is 0 Å². The average Bonchev–Trinajstić information content (AvgIpc) is 2.68. The number of hydrogen-bond donors (Lipinski definition) is 1. The number of carbonyl (C=O) groups is 2. The molecule has 6 heteroatoms. The maximum Gasteiger partial charge on any atom is 0.253 e. The van der Waals surface area contributed by atoms with Crippen LogP contribution in [0.15, 0.2) is 53.0 Å². The van der Waals surface area contributed by atoms with Crippen molar-refractivity contribution in [2.24, 2.45) is 5.92 Å². The van der Waals surface area contributed by atoms with Crippen LogP contribution in [0.4, 0.5) is 5.69 Å². The van der Waals surface area contributed by atoms with Gasteiger partial charge in [0.05, 0.1) is 11.6 Å². The highest BCUT2D eigenvalue weighted by Gasteiger charge is 2.27. The van der Waals surface area contributed by atoms with Crippen LogP contribution in [0.25, 0.3) is 0 Å². The summed E-state index contributed by atoms with van der Waals surface area (Å²) in [4.78, 5) is 26.8. The number of halogens is 1. The van der Waals surface area contributed by atoms with Crippen molar-refractivity contribution in [2.75, 3.05) is 18.4 Å². The molecule has 1 fully saturated rings. The molecule has 2 aromatic carbocycles. The van der Waals surface area contributed by atoms with E-state index in [1.165, 1.54) is 0 Å². The van der Waals surface area contributed by atoms with Gasteiger partial charge in [0.15, 0.2) is 0 Å². The quantitative estimate of drug-likeness (QED) is 0.833. The van der Waals surface area contributed by atoms with E-state index in [0.717, 1.165) is 4.47 Å². The molecule has 2 aromatic rings. The highest BCUT2D eigenvalue weighted by Crippen LogP contribution is 2.22. The van der Waals surface area contributed by atoms with E-state index in [1.807, 2.05) is 12.1 Å². The lowest BCUT2D eigenvalue weighted by Crippen LogP contribution is -2.41. The smallest absolute Gasteiger partial charge is 0.253 e. The molecule has 0 atom stereocenters. The topological polar surface area (TPSA) is 73.2 Å². The Morgan fingerprint density at radius 3 is 2.46 bits per heavy atom. The van der Waals surface area contributed by atoms with Crippen LogP contribution in [0.3, 0.4) is 0 Å². The monoisotopic (exact) mass is 411 g/mol. The van der Waals surface area contributed by atoms with Gasteiger partial charge in [0.1, 0.15) is 0 Å². The maximum absolute atomic E-state index is 12.5. The van der Waals surface area contributed by atoms with Crippen molar-refractivity contribution < 1.29 is 9.59 Å². The van der Waals surface area contributed by atoms with Crippen LogP contribution in [-0.2, 0) is 4.79 Å². The Kier molecular flexibility index (Phi) is 5.69. The number of nitrogens with one attached hydrogen (secondary N) is 1. The summed E-state index contributed by atoms with van der Waals surface area (Å²) in [5.41, 5.74) is 1.80. The number of amides is 2. The third kappa shape index (κ3) is 4.30. The molecule has 1 aliphatic rings. The molecule has 0 unspecified atom stereocenters. The number of piperidine rings is 1. The molecule has 26 heavy (non-hydrogen) atoms. The van der Waals surface area contributed by atoms with Gasteiger partial charge in [-0.25, -0.2) is 0 Å². The Morgan fingerprint density at radius 1 is 1.12 bits per heavy atom. The summed E-state index contributed by atoms with van der Waals surface area (Å²) in [7, 11) is 0. The van der Waals surface area contributed by atoms with Gasteiger partial charge in [0.2, 0.25) is 5.91 Å². The summed E-state index contributed by atoms with van der Waals surface area (Å²) < 4.78 is 0.935. The second kappa shape index (κ2) is 8.15. The summed E-state index contributed by atoms with van der Waals surface area (Å²) in [5.74, 6) is -0.191. The van der Waals surface area contributed by atoms with Gasteiger partial charge in [-0.15, -0.1) is 0 Å². The van der Waals surface area contributed by atoms with Crippen molar-refractivity contribution in [3.63, 3.8) is 0 Å². The number of anilines is 1. The fourth-order valence-corrected chi connectivity index (χ4v) is 3.29. The minimum atomic E-state index is -0.130. The Bertz CT molecular complexity index is 850. The average molecular weight is 412 g/mol. The fourth-order valence-electron chi connectivity index (χ4n) is 3.03. The number of nitriles is 1. The zero-order valence-electron chi connectivity index (χ0n) is 14.1. The number of carbonyl (C=O) groups excluding carboxylic acids is 2. The normalized spacial score (nSPS) is 14.5. The molecular formula is C20H18BrN3O2. The van der Waals surface area contributed by atoms with E-state index >= 15 is 0 Å². The first kappa shape index (κ1) is 18.2. The van der Waals surface area contributed by atoms with Crippen molar-refractivity contribution in [1.29, 1.82) is 5.26 Å². The van der Waals surface area contributed by atoms with Crippen LogP contribution in [0.5, 0.6) is 0 Å². The Labute approximate surface area is 160 Å². The van der Waals surface area contributed by atoms with Crippen molar-refractivity contribution in [3.8, 4) is 6.07 Å². The second-order valence-electron chi connectivity index (χ2n) is 6.26. The van der Waals surface area contributed by atoms with Gasteiger partial charge in [0, 0.05) is 34.7 Å². The molecule has 0 spiro atoms. The van der Waals surface area contributed by atoms with Crippen molar-refractivity contribution in [3.05, 3.63) is 64.1 Å². The van der Waals surface area contributed by atoms with Crippen molar-refractivity contribution in [2.45, 2.75) is 12.8 Å². The van der Waals surface area contributed by atoms with Crippen molar-refractivity contribution >= 4 is 33.4 Å². The number of rotatable bonds is 3. The predicted molar refractivity (Wildman–Crippen MR) is 103 cm³/mol. The summed E-state index contributed by atoms with van der Waals surface area (Å²) in [5, 5.41) is 11.8. The lowest BCUT2D eigenvalue weighted by Gasteiger charge is -2.31. The van der Waals surface area contributed by atoms with Crippen molar-refractivity contribution in [1.82, 2.24) is 4.90 Å². The zero-order chi connectivity index (χ0) is 18.5. The molecule has 0 aromatic heterocycles. The minimum Gasteiger partial charge on any atom is -0.339 e. The Morgan fingerprint density at radius 2 is 1.81 bits per heavy atom. The van der Waals surface area contributed by atoms with Crippen LogP contribution >= 0.6 is 15.9 Å². The number of benzene rings is 2. The highest BCUT2D eigenvalue weighted by atomic mass is 79.9. The molecule has 2 amide bonds. The lowest BCUT2D eigenvalue weighted by atomic mass is 9.95. The van der Waals surface area contributed by atoms with E-state index in [0.29, 0.717) is 42.7 Å². The highest BCUT2D eigenvalue weighted by molar-refractivity contribution is 9.10. The van der Waals surface area contributed by atoms with Gasteiger partial charge in [0.25, 0.3) is 5.91 Å². The van der Waals surface area contributed by atoms with Gasteiger partial charge < -0.3 is 10.2 Å². The van der Waals surface area contributed by atoms with Crippen LogP contribution < -0.4 is 5.32 Å². The molecule has 132 valence electrons. The second-order valence-corrected chi connectivity index (χ2v) is 7.17. The van der Waals surface area contributed by atoms with Gasteiger partial charge in [-0.3, -0.25) is 9.59 Å². The molecule has 0 aliphatic carbocycles. The summed E-state index contributed by atoms with van der Waals surface area (Å²) >= 11 is 3.36. The first-order valence-corrected chi connectivity index (χ1v) is 9.22. The maximum atomic E-state index is 12.5. The van der Waals surface area contributed by atoms with Gasteiger partial charge in [-0.1, -0.05) is 22.0 Å². The summed E-state index contributed by atoms with van der Waals surface area (Å²) in [6, 6.07) is 16.2. The van der Waals surface area contributed by atoms with E-state index in [9.17, 15) is 9.59 Å². The summed E-state index contributed by atoms with van der Waals surface area (Å²) in [6.45, 7) is 1.12. The van der Waals surface area contributed by atoms with Gasteiger partial charge >= 0.3 is 0 Å². The molecule has 1 saturated heterocycles. The first-order valence-electron chi connectivity index (χ1n) is 8.42. The van der Waals surface area contributed by atoms with E-state index in [-0.39, 0.29) is 17.7 Å². The molecule has 5 nitrogen and oxygen atoms in total. The third-order valence-corrected chi connectivity index (χ3v) is 5.03. The largest absolute Gasteiger partial charge is 0.339 e. The SMILES string of the molecule is N#Cc1cccc(NC(=O)C2CCN(C(=O)c3ccc(Br)cc3)CC2)c1. The van der Waals surface area contributed by atoms with E-state index in [1.54, 1.807) is 41.3 Å². The van der Waals surface area contributed by atoms with Crippen LogP contribution in [-0.4, -0.2) is 29.8 Å². The molecule has 1 N–H and O–H groups in total. The Balaban J connectivity index is 1.56. The molecule has 1 aliphatic heterocycles. The van der Waals surface area contributed by atoms with E-state index in [4.69, 9.17) is 5.26 Å². The molecule has 0 radical (unpaired) electrons. The van der Waals surface area contributed by atoms with Crippen LogP contribution in [0, 0.1) is 17.2 Å².